The van der Waals surface area contributed by atoms with E-state index in [0.29, 0.717) is 11.3 Å². The predicted molar refractivity (Wildman–Crippen MR) is 93.0 cm³/mol. The molecule has 1 heterocycles. The molecular weight excluding hydrogens is 337 g/mol. The van der Waals surface area contributed by atoms with Gasteiger partial charge >= 0.3 is 5.97 Å². The number of carbonyl (C=O) groups excluding carboxylic acids is 2. The summed E-state index contributed by atoms with van der Waals surface area (Å²) in [7, 11) is 0. The van der Waals surface area contributed by atoms with Crippen molar-refractivity contribution in [2.75, 3.05) is 0 Å². The summed E-state index contributed by atoms with van der Waals surface area (Å²) in [5, 5.41) is 4.43. The molecule has 0 aliphatic rings. The van der Waals surface area contributed by atoms with Crippen molar-refractivity contribution in [3.8, 4) is 16.9 Å². The molecule has 26 heavy (non-hydrogen) atoms. The second kappa shape index (κ2) is 7.18. The van der Waals surface area contributed by atoms with Gasteiger partial charge in [0.25, 0.3) is 5.91 Å². The van der Waals surface area contributed by atoms with Crippen LogP contribution in [-0.4, -0.2) is 27.8 Å². The van der Waals surface area contributed by atoms with Crippen LogP contribution in [0.4, 0.5) is 4.39 Å². The zero-order chi connectivity index (χ0) is 18.7. The second-order valence-electron chi connectivity index (χ2n) is 5.63. The maximum absolute atomic E-state index is 13.2. The lowest BCUT2D eigenvalue weighted by Crippen LogP contribution is -2.30. The SMILES string of the molecule is CC(OC(=O)c1cn(-c2ccccc2)nc1-c1ccc(F)cc1)C(N)=O. The number of benzene rings is 2. The zero-order valence-corrected chi connectivity index (χ0v) is 13.9. The number of rotatable bonds is 5. The van der Waals surface area contributed by atoms with Crippen LogP contribution in [0.5, 0.6) is 0 Å². The van der Waals surface area contributed by atoms with E-state index in [-0.39, 0.29) is 5.56 Å². The number of primary amides is 1. The van der Waals surface area contributed by atoms with E-state index in [2.05, 4.69) is 5.10 Å². The van der Waals surface area contributed by atoms with E-state index in [1.165, 1.54) is 42.1 Å². The summed E-state index contributed by atoms with van der Waals surface area (Å²) in [5.74, 6) is -1.89. The first-order valence-electron chi connectivity index (χ1n) is 7.87. The van der Waals surface area contributed by atoms with Crippen molar-refractivity contribution in [1.82, 2.24) is 9.78 Å². The Morgan fingerprint density at radius 3 is 2.38 bits per heavy atom. The molecule has 0 radical (unpaired) electrons. The Morgan fingerprint density at radius 1 is 1.12 bits per heavy atom. The van der Waals surface area contributed by atoms with E-state index < -0.39 is 23.8 Å². The topological polar surface area (TPSA) is 87.2 Å². The van der Waals surface area contributed by atoms with Gasteiger partial charge in [0.1, 0.15) is 17.1 Å². The van der Waals surface area contributed by atoms with Gasteiger partial charge in [0, 0.05) is 11.8 Å². The number of hydrogen-bond donors (Lipinski definition) is 1. The summed E-state index contributed by atoms with van der Waals surface area (Å²) in [6, 6.07) is 14.8. The molecule has 0 aliphatic heterocycles. The molecule has 7 heteroatoms. The summed E-state index contributed by atoms with van der Waals surface area (Å²) in [4.78, 5) is 23.7. The highest BCUT2D eigenvalue weighted by Gasteiger charge is 2.23. The van der Waals surface area contributed by atoms with Gasteiger partial charge in [-0.05, 0) is 43.3 Å². The van der Waals surface area contributed by atoms with Crippen LogP contribution < -0.4 is 5.73 Å². The maximum Gasteiger partial charge on any atom is 0.342 e. The monoisotopic (exact) mass is 353 g/mol. The number of halogens is 1. The molecule has 3 rings (SSSR count). The normalized spacial score (nSPS) is 11.8. The maximum atomic E-state index is 13.2. The van der Waals surface area contributed by atoms with Gasteiger partial charge in [0.2, 0.25) is 0 Å². The molecule has 0 saturated carbocycles. The fourth-order valence-electron chi connectivity index (χ4n) is 2.34. The number of para-hydroxylation sites is 1. The van der Waals surface area contributed by atoms with Gasteiger partial charge in [0.15, 0.2) is 6.10 Å². The molecule has 6 nitrogen and oxygen atoms in total. The molecule has 0 aliphatic carbocycles. The minimum Gasteiger partial charge on any atom is -0.449 e. The third kappa shape index (κ3) is 3.61. The molecule has 0 fully saturated rings. The van der Waals surface area contributed by atoms with Crippen LogP contribution in [0.1, 0.15) is 17.3 Å². The average Bonchev–Trinajstić information content (AvgIpc) is 3.08. The Kier molecular flexibility index (Phi) is 4.79. The Labute approximate surface area is 149 Å². The van der Waals surface area contributed by atoms with Crippen molar-refractivity contribution in [2.45, 2.75) is 13.0 Å². The summed E-state index contributed by atoms with van der Waals surface area (Å²) in [6.45, 7) is 1.39. The van der Waals surface area contributed by atoms with Gasteiger partial charge in [-0.3, -0.25) is 4.79 Å². The van der Waals surface area contributed by atoms with Crippen molar-refractivity contribution in [3.63, 3.8) is 0 Å². The van der Waals surface area contributed by atoms with Crippen molar-refractivity contribution in [2.24, 2.45) is 5.73 Å². The van der Waals surface area contributed by atoms with Crippen molar-refractivity contribution in [1.29, 1.82) is 0 Å². The lowest BCUT2D eigenvalue weighted by atomic mass is 10.1. The second-order valence-corrected chi connectivity index (χ2v) is 5.63. The highest BCUT2D eigenvalue weighted by Crippen LogP contribution is 2.25. The van der Waals surface area contributed by atoms with Gasteiger partial charge < -0.3 is 10.5 Å². The van der Waals surface area contributed by atoms with E-state index in [9.17, 15) is 14.0 Å². The molecule has 1 unspecified atom stereocenters. The van der Waals surface area contributed by atoms with Crippen LogP contribution >= 0.6 is 0 Å². The fraction of sp³-hybridized carbons (Fsp3) is 0.105. The molecule has 0 spiro atoms. The van der Waals surface area contributed by atoms with Crippen LogP contribution in [0, 0.1) is 5.82 Å². The minimum atomic E-state index is -1.08. The molecule has 1 amide bonds. The van der Waals surface area contributed by atoms with Crippen LogP contribution in [0.2, 0.25) is 0 Å². The molecule has 0 saturated heterocycles. The number of amides is 1. The number of esters is 1. The van der Waals surface area contributed by atoms with Gasteiger partial charge in [-0.2, -0.15) is 5.10 Å². The molecule has 2 aromatic carbocycles. The van der Waals surface area contributed by atoms with E-state index in [0.717, 1.165) is 5.69 Å². The Bertz CT molecular complexity index is 936. The smallest absolute Gasteiger partial charge is 0.342 e. The largest absolute Gasteiger partial charge is 0.449 e. The van der Waals surface area contributed by atoms with E-state index >= 15 is 0 Å². The van der Waals surface area contributed by atoms with Gasteiger partial charge in [-0.25, -0.2) is 13.9 Å². The lowest BCUT2D eigenvalue weighted by Gasteiger charge is -2.09. The molecular formula is C19H16FN3O3. The van der Waals surface area contributed by atoms with Crippen LogP contribution in [0.15, 0.2) is 60.8 Å². The average molecular weight is 353 g/mol. The number of nitrogens with zero attached hydrogens (tertiary/aromatic N) is 2. The van der Waals surface area contributed by atoms with Gasteiger partial charge in [-0.15, -0.1) is 0 Å². The number of ether oxygens (including phenoxy) is 1. The quantitative estimate of drug-likeness (QED) is 0.715. The van der Waals surface area contributed by atoms with Crippen molar-refractivity contribution >= 4 is 11.9 Å². The van der Waals surface area contributed by atoms with Crippen molar-refractivity contribution < 1.29 is 18.7 Å². The lowest BCUT2D eigenvalue weighted by molar-refractivity contribution is -0.125. The molecule has 1 atom stereocenters. The standard InChI is InChI=1S/C19H16FN3O3/c1-12(18(21)24)26-19(25)16-11-23(15-5-3-2-4-6-15)22-17(16)13-7-9-14(20)10-8-13/h2-12H,1H3,(H2,21,24). The van der Waals surface area contributed by atoms with Crippen LogP contribution in [0.25, 0.3) is 16.9 Å². The molecule has 132 valence electrons. The first-order chi connectivity index (χ1) is 12.5. The third-order valence-electron chi connectivity index (χ3n) is 3.76. The molecule has 0 bridgehead atoms. The summed E-state index contributed by atoms with van der Waals surface area (Å²) < 4.78 is 19.8. The van der Waals surface area contributed by atoms with Gasteiger partial charge in [0.05, 0.1) is 5.69 Å². The van der Waals surface area contributed by atoms with E-state index in [1.807, 2.05) is 30.3 Å². The van der Waals surface area contributed by atoms with E-state index in [4.69, 9.17) is 10.5 Å². The first-order valence-corrected chi connectivity index (χ1v) is 7.87. The van der Waals surface area contributed by atoms with Crippen molar-refractivity contribution in [3.05, 3.63) is 72.2 Å². The minimum absolute atomic E-state index is 0.147. The summed E-state index contributed by atoms with van der Waals surface area (Å²) in [5.41, 5.74) is 6.88. The van der Waals surface area contributed by atoms with E-state index in [1.54, 1.807) is 0 Å². The molecule has 3 aromatic rings. The number of hydrogen-bond acceptors (Lipinski definition) is 4. The number of carbonyl (C=O) groups is 2. The third-order valence-corrected chi connectivity index (χ3v) is 3.76. The van der Waals surface area contributed by atoms with Gasteiger partial charge in [-0.1, -0.05) is 18.2 Å². The summed E-state index contributed by atoms with van der Waals surface area (Å²) in [6.07, 6.45) is 0.424. The zero-order valence-electron chi connectivity index (χ0n) is 13.9. The Morgan fingerprint density at radius 2 is 1.77 bits per heavy atom. The summed E-state index contributed by atoms with van der Waals surface area (Å²) >= 11 is 0. The Balaban J connectivity index is 2.05. The Hall–Kier alpha value is -3.48. The molecule has 1 aromatic heterocycles. The fourth-order valence-corrected chi connectivity index (χ4v) is 2.34. The highest BCUT2D eigenvalue weighted by molar-refractivity contribution is 5.97. The highest BCUT2D eigenvalue weighted by atomic mass is 19.1. The van der Waals surface area contributed by atoms with Crippen LogP contribution in [-0.2, 0) is 9.53 Å². The number of nitrogens with two attached hydrogens (primary N) is 1. The molecule has 2 N–H and O–H groups in total. The van der Waals surface area contributed by atoms with Crippen LogP contribution in [0.3, 0.4) is 0 Å². The number of aromatic nitrogens is 2. The predicted octanol–water partition coefficient (Wildman–Crippen LogP) is 2.71. The first kappa shape index (κ1) is 17.3.